The second-order valence-corrected chi connectivity index (χ2v) is 8.97. The minimum absolute atomic E-state index is 0.00553. The number of hydrogen-bond donors (Lipinski definition) is 1. The van der Waals surface area contributed by atoms with Gasteiger partial charge in [-0.15, -0.1) is 0 Å². The number of ether oxygens (including phenoxy) is 1. The Hall–Kier alpha value is -4.37. The van der Waals surface area contributed by atoms with E-state index in [2.05, 4.69) is 6.07 Å². The second kappa shape index (κ2) is 9.86. The molecule has 1 heterocycles. The molecule has 6 heteroatoms. The fraction of sp³-hybridized carbons (Fsp3) is 0.207. The monoisotopic (exact) mass is 466 g/mol. The summed E-state index contributed by atoms with van der Waals surface area (Å²) >= 11 is 0. The zero-order valence-electron chi connectivity index (χ0n) is 19.9. The van der Waals surface area contributed by atoms with Gasteiger partial charge in [-0.2, -0.15) is 5.26 Å². The number of nitriles is 1. The van der Waals surface area contributed by atoms with Crippen molar-refractivity contribution in [3.63, 3.8) is 0 Å². The number of Topliss-reactive ketones (excluding diaryl/α,β-unsaturated/α-hetero) is 1. The molecule has 0 spiro atoms. The summed E-state index contributed by atoms with van der Waals surface area (Å²) in [6.07, 6.45) is 0. The predicted octanol–water partition coefficient (Wildman–Crippen LogP) is 5.53. The zero-order chi connectivity index (χ0) is 25.1. The van der Waals surface area contributed by atoms with Crippen molar-refractivity contribution in [2.24, 2.45) is 5.92 Å². The molecule has 1 aliphatic rings. The zero-order valence-corrected chi connectivity index (χ0v) is 19.9. The smallest absolute Gasteiger partial charge is 0.300 e. The first-order chi connectivity index (χ1) is 16.8. The van der Waals surface area contributed by atoms with Crippen LogP contribution in [0, 0.1) is 24.2 Å². The van der Waals surface area contributed by atoms with E-state index in [9.17, 15) is 14.7 Å². The maximum absolute atomic E-state index is 13.3. The van der Waals surface area contributed by atoms with Gasteiger partial charge in [-0.3, -0.25) is 14.5 Å². The molecular formula is C29H26N2O4. The number of rotatable bonds is 6. The summed E-state index contributed by atoms with van der Waals surface area (Å²) < 4.78 is 5.79. The molecule has 1 unspecified atom stereocenters. The van der Waals surface area contributed by atoms with Crippen LogP contribution in [0.2, 0.25) is 0 Å². The summed E-state index contributed by atoms with van der Waals surface area (Å²) in [5.74, 6) is -0.884. The topological polar surface area (TPSA) is 90.6 Å². The van der Waals surface area contributed by atoms with Gasteiger partial charge in [0, 0.05) is 11.3 Å². The van der Waals surface area contributed by atoms with Gasteiger partial charge in [-0.25, -0.2) is 0 Å². The Balaban J connectivity index is 1.86. The highest BCUT2D eigenvalue weighted by Crippen LogP contribution is 2.42. The van der Waals surface area contributed by atoms with E-state index in [1.807, 2.05) is 45.0 Å². The lowest BCUT2D eigenvalue weighted by Crippen LogP contribution is -2.29. The predicted molar refractivity (Wildman–Crippen MR) is 134 cm³/mol. The maximum atomic E-state index is 13.3. The highest BCUT2D eigenvalue weighted by molar-refractivity contribution is 6.51. The van der Waals surface area contributed by atoms with Gasteiger partial charge in [0.15, 0.2) is 0 Å². The minimum Gasteiger partial charge on any atom is -0.507 e. The highest BCUT2D eigenvalue weighted by Gasteiger charge is 2.47. The van der Waals surface area contributed by atoms with Crippen molar-refractivity contribution in [1.82, 2.24) is 0 Å². The molecule has 35 heavy (non-hydrogen) atoms. The Bertz CT molecular complexity index is 1350. The maximum Gasteiger partial charge on any atom is 0.300 e. The molecule has 1 fully saturated rings. The van der Waals surface area contributed by atoms with Crippen LogP contribution in [0.1, 0.15) is 42.1 Å². The van der Waals surface area contributed by atoms with Crippen molar-refractivity contribution in [3.8, 4) is 11.8 Å². The van der Waals surface area contributed by atoms with E-state index in [4.69, 9.17) is 10.00 Å². The van der Waals surface area contributed by atoms with Gasteiger partial charge in [0.05, 0.1) is 29.9 Å². The first-order valence-electron chi connectivity index (χ1n) is 11.4. The van der Waals surface area contributed by atoms with Crippen LogP contribution >= 0.6 is 0 Å². The average molecular weight is 467 g/mol. The van der Waals surface area contributed by atoms with Crippen LogP contribution in [0.25, 0.3) is 5.76 Å². The number of aryl methyl sites for hydroxylation is 1. The fourth-order valence-corrected chi connectivity index (χ4v) is 4.10. The largest absolute Gasteiger partial charge is 0.507 e. The van der Waals surface area contributed by atoms with Gasteiger partial charge in [-0.1, -0.05) is 55.8 Å². The lowest BCUT2D eigenvalue weighted by Gasteiger charge is -2.25. The Morgan fingerprint density at radius 2 is 1.77 bits per heavy atom. The van der Waals surface area contributed by atoms with Gasteiger partial charge in [0.1, 0.15) is 11.5 Å². The van der Waals surface area contributed by atoms with Crippen molar-refractivity contribution in [1.29, 1.82) is 5.26 Å². The van der Waals surface area contributed by atoms with Crippen molar-refractivity contribution in [3.05, 3.63) is 101 Å². The van der Waals surface area contributed by atoms with E-state index in [-0.39, 0.29) is 11.3 Å². The number of benzene rings is 3. The summed E-state index contributed by atoms with van der Waals surface area (Å²) in [6, 6.07) is 22.0. The summed E-state index contributed by atoms with van der Waals surface area (Å²) in [4.78, 5) is 27.9. The molecule has 6 nitrogen and oxygen atoms in total. The summed E-state index contributed by atoms with van der Waals surface area (Å²) in [7, 11) is 0. The van der Waals surface area contributed by atoms with E-state index in [0.29, 0.717) is 40.7 Å². The first-order valence-corrected chi connectivity index (χ1v) is 11.4. The fourth-order valence-electron chi connectivity index (χ4n) is 4.10. The molecule has 0 radical (unpaired) electrons. The van der Waals surface area contributed by atoms with Crippen LogP contribution in [0.5, 0.6) is 5.75 Å². The number of anilines is 1. The number of aliphatic hydroxyl groups is 1. The minimum atomic E-state index is -0.830. The lowest BCUT2D eigenvalue weighted by atomic mass is 9.94. The number of carbonyl (C=O) groups excluding carboxylic acids is 2. The molecule has 4 rings (SSSR count). The first kappa shape index (κ1) is 23.8. The number of ketones is 1. The van der Waals surface area contributed by atoms with E-state index in [0.717, 1.165) is 5.56 Å². The van der Waals surface area contributed by atoms with Crippen LogP contribution in [-0.2, 0) is 9.59 Å². The molecule has 1 saturated heterocycles. The van der Waals surface area contributed by atoms with Gasteiger partial charge in [0.2, 0.25) is 0 Å². The van der Waals surface area contributed by atoms with Crippen molar-refractivity contribution in [2.75, 3.05) is 11.5 Å². The molecule has 1 atom stereocenters. The normalized spacial score (nSPS) is 17.0. The Labute approximate surface area is 204 Å². The third-order valence-electron chi connectivity index (χ3n) is 5.77. The van der Waals surface area contributed by atoms with Crippen molar-refractivity contribution >= 4 is 23.1 Å². The lowest BCUT2D eigenvalue weighted by molar-refractivity contribution is -0.132. The molecule has 1 N–H and O–H groups in total. The molecule has 0 saturated carbocycles. The SMILES string of the molecule is Cc1cccc(C2/C(=C(/O)c3cccc(OCC(C)C)c3)C(=O)C(=O)N2c2ccc(C#N)cc2)c1. The van der Waals surface area contributed by atoms with E-state index < -0.39 is 17.7 Å². The third-order valence-corrected chi connectivity index (χ3v) is 5.77. The molecule has 1 amide bonds. The molecule has 3 aromatic rings. The van der Waals surface area contributed by atoms with Crippen molar-refractivity contribution in [2.45, 2.75) is 26.8 Å². The van der Waals surface area contributed by atoms with E-state index >= 15 is 0 Å². The Morgan fingerprint density at radius 3 is 2.43 bits per heavy atom. The van der Waals surface area contributed by atoms with Gasteiger partial charge < -0.3 is 9.84 Å². The molecule has 0 bridgehead atoms. The number of amides is 1. The highest BCUT2D eigenvalue weighted by atomic mass is 16.5. The summed E-state index contributed by atoms with van der Waals surface area (Å²) in [5, 5.41) is 20.5. The van der Waals surface area contributed by atoms with E-state index in [1.165, 1.54) is 4.90 Å². The Morgan fingerprint density at radius 1 is 1.06 bits per heavy atom. The van der Waals surface area contributed by atoms with Crippen LogP contribution < -0.4 is 9.64 Å². The Kier molecular flexibility index (Phi) is 6.70. The van der Waals surface area contributed by atoms with Crippen LogP contribution in [0.15, 0.2) is 78.4 Å². The molecule has 0 aliphatic carbocycles. The molecule has 0 aromatic heterocycles. The number of carbonyl (C=O) groups is 2. The molecule has 3 aromatic carbocycles. The molecular weight excluding hydrogens is 440 g/mol. The molecule has 176 valence electrons. The average Bonchev–Trinajstić information content (AvgIpc) is 3.13. The van der Waals surface area contributed by atoms with Gasteiger partial charge in [-0.05, 0) is 54.8 Å². The summed E-state index contributed by atoms with van der Waals surface area (Å²) in [5.41, 5.74) is 2.95. The van der Waals surface area contributed by atoms with Crippen LogP contribution in [0.3, 0.4) is 0 Å². The van der Waals surface area contributed by atoms with E-state index in [1.54, 1.807) is 48.5 Å². The standard InChI is InChI=1S/C29H26N2O4/c1-18(2)17-35-24-9-5-8-22(15-24)27(32)25-26(21-7-4-6-19(3)14-21)31(29(34)28(25)33)23-12-10-20(16-30)11-13-23/h4-15,18,26,32H,17H2,1-3H3/b27-25-. The number of aliphatic hydroxyl groups excluding tert-OH is 1. The van der Waals surface area contributed by atoms with Crippen molar-refractivity contribution < 1.29 is 19.4 Å². The van der Waals surface area contributed by atoms with Crippen LogP contribution in [0.4, 0.5) is 5.69 Å². The van der Waals surface area contributed by atoms with Gasteiger partial charge >= 0.3 is 0 Å². The summed E-state index contributed by atoms with van der Waals surface area (Å²) in [6.45, 7) is 6.51. The number of nitrogens with zero attached hydrogens (tertiary/aromatic N) is 2. The van der Waals surface area contributed by atoms with Crippen LogP contribution in [-0.4, -0.2) is 23.4 Å². The molecule has 1 aliphatic heterocycles. The second-order valence-electron chi connectivity index (χ2n) is 8.97. The van der Waals surface area contributed by atoms with Gasteiger partial charge in [0.25, 0.3) is 11.7 Å². The third kappa shape index (κ3) is 4.80. The quantitative estimate of drug-likeness (QED) is 0.293. The number of hydrogen-bond acceptors (Lipinski definition) is 5.